The number of fused-ring (bicyclic) bond motifs is 1. The van der Waals surface area contributed by atoms with Crippen LogP contribution in [-0.4, -0.2) is 4.83 Å². The third kappa shape index (κ3) is 2.19. The number of rotatable bonds is 2. The van der Waals surface area contributed by atoms with Crippen molar-refractivity contribution in [3.05, 3.63) is 0 Å². The molecule has 4 unspecified atom stereocenters. The summed E-state index contributed by atoms with van der Waals surface area (Å²) in [7, 11) is 0. The first-order valence-electron chi connectivity index (χ1n) is 8.25. The topological polar surface area (TPSA) is 0 Å². The summed E-state index contributed by atoms with van der Waals surface area (Å²) < 4.78 is 0. The molecular weight excluding hydrogens is 284 g/mol. The van der Waals surface area contributed by atoms with Crippen LogP contribution in [0.3, 0.4) is 0 Å². The molecule has 0 aromatic carbocycles. The van der Waals surface area contributed by atoms with E-state index in [0.29, 0.717) is 5.41 Å². The zero-order valence-electron chi connectivity index (χ0n) is 12.1. The van der Waals surface area contributed by atoms with Gasteiger partial charge in [0.25, 0.3) is 0 Å². The Labute approximate surface area is 121 Å². The monoisotopic (exact) mass is 312 g/mol. The first-order chi connectivity index (χ1) is 8.60. The summed E-state index contributed by atoms with van der Waals surface area (Å²) in [6.07, 6.45) is 13.5. The lowest BCUT2D eigenvalue weighted by Crippen LogP contribution is -2.35. The Morgan fingerprint density at radius 1 is 0.833 bits per heavy atom. The molecule has 4 atom stereocenters. The smallest absolute Gasteiger partial charge is 0.0179 e. The number of alkyl halides is 1. The zero-order valence-corrected chi connectivity index (χ0v) is 13.7. The van der Waals surface area contributed by atoms with Gasteiger partial charge in [0, 0.05) is 4.83 Å². The molecule has 0 aliphatic heterocycles. The first kappa shape index (κ1) is 13.5. The van der Waals surface area contributed by atoms with Crippen LogP contribution in [0.25, 0.3) is 0 Å². The summed E-state index contributed by atoms with van der Waals surface area (Å²) >= 11 is 4.02. The minimum absolute atomic E-state index is 0.597. The third-order valence-electron chi connectivity index (χ3n) is 6.70. The van der Waals surface area contributed by atoms with Crippen molar-refractivity contribution in [1.29, 1.82) is 0 Å². The van der Waals surface area contributed by atoms with Gasteiger partial charge < -0.3 is 0 Å². The average Bonchev–Trinajstić information content (AvgIpc) is 2.98. The molecule has 3 saturated carbocycles. The molecule has 0 bridgehead atoms. The Hall–Kier alpha value is 0.480. The summed E-state index contributed by atoms with van der Waals surface area (Å²) in [5, 5.41) is 0. The van der Waals surface area contributed by atoms with Crippen LogP contribution in [0.1, 0.15) is 71.6 Å². The molecule has 3 rings (SSSR count). The molecule has 3 aliphatic carbocycles. The van der Waals surface area contributed by atoms with E-state index in [9.17, 15) is 0 Å². The summed E-state index contributed by atoms with van der Waals surface area (Å²) in [6, 6.07) is 0. The van der Waals surface area contributed by atoms with E-state index < -0.39 is 0 Å². The SMILES string of the molecule is CC(C)(C1CCCC1)C1CC(Br)C2CCCCC21. The van der Waals surface area contributed by atoms with Gasteiger partial charge in [-0.25, -0.2) is 0 Å². The van der Waals surface area contributed by atoms with Crippen LogP contribution in [0.4, 0.5) is 0 Å². The van der Waals surface area contributed by atoms with Gasteiger partial charge >= 0.3 is 0 Å². The molecule has 104 valence electrons. The van der Waals surface area contributed by atoms with E-state index in [1.165, 1.54) is 57.8 Å². The van der Waals surface area contributed by atoms with E-state index in [4.69, 9.17) is 0 Å². The molecule has 0 aromatic rings. The molecule has 0 heterocycles. The second-order valence-electron chi connectivity index (χ2n) is 7.77. The maximum absolute atomic E-state index is 4.02. The van der Waals surface area contributed by atoms with Crippen molar-refractivity contribution in [2.45, 2.75) is 76.5 Å². The van der Waals surface area contributed by atoms with Crippen molar-refractivity contribution in [1.82, 2.24) is 0 Å². The Kier molecular flexibility index (Phi) is 3.82. The van der Waals surface area contributed by atoms with Gasteiger partial charge in [0.2, 0.25) is 0 Å². The lowest BCUT2D eigenvalue weighted by Gasteiger charge is -2.43. The normalized spacial score (nSPS) is 42.2. The van der Waals surface area contributed by atoms with E-state index in [1.54, 1.807) is 0 Å². The molecule has 0 aromatic heterocycles. The Morgan fingerprint density at radius 3 is 2.06 bits per heavy atom. The van der Waals surface area contributed by atoms with Gasteiger partial charge in [0.1, 0.15) is 0 Å². The second-order valence-corrected chi connectivity index (χ2v) is 8.95. The lowest BCUT2D eigenvalue weighted by atomic mass is 9.62. The van der Waals surface area contributed by atoms with Gasteiger partial charge in [-0.15, -0.1) is 0 Å². The molecule has 0 saturated heterocycles. The average molecular weight is 313 g/mol. The highest BCUT2D eigenvalue weighted by molar-refractivity contribution is 9.09. The Morgan fingerprint density at radius 2 is 1.39 bits per heavy atom. The Bertz CT molecular complexity index is 290. The van der Waals surface area contributed by atoms with E-state index >= 15 is 0 Å². The largest absolute Gasteiger partial charge is 0.0887 e. The molecule has 1 heteroatoms. The van der Waals surface area contributed by atoms with Gasteiger partial charge in [0.15, 0.2) is 0 Å². The van der Waals surface area contributed by atoms with Crippen LogP contribution in [-0.2, 0) is 0 Å². The van der Waals surface area contributed by atoms with Crippen LogP contribution in [0.5, 0.6) is 0 Å². The number of hydrogen-bond donors (Lipinski definition) is 0. The molecule has 18 heavy (non-hydrogen) atoms. The molecule has 0 amide bonds. The van der Waals surface area contributed by atoms with E-state index in [2.05, 4.69) is 29.8 Å². The van der Waals surface area contributed by atoms with Gasteiger partial charge in [-0.05, 0) is 61.2 Å². The summed E-state index contributed by atoms with van der Waals surface area (Å²) in [6.45, 7) is 5.20. The highest BCUT2D eigenvalue weighted by Crippen LogP contribution is 2.58. The van der Waals surface area contributed by atoms with Crippen molar-refractivity contribution < 1.29 is 0 Å². The Balaban J connectivity index is 1.78. The van der Waals surface area contributed by atoms with Crippen molar-refractivity contribution in [3.8, 4) is 0 Å². The van der Waals surface area contributed by atoms with Crippen molar-refractivity contribution in [3.63, 3.8) is 0 Å². The first-order valence-corrected chi connectivity index (χ1v) is 9.16. The molecular formula is C17H29Br. The quantitative estimate of drug-likeness (QED) is 0.566. The molecule has 0 radical (unpaired) electrons. The fourth-order valence-corrected chi connectivity index (χ4v) is 6.62. The molecule has 3 aliphatic rings. The van der Waals surface area contributed by atoms with Crippen LogP contribution in [0, 0.1) is 29.1 Å². The number of hydrogen-bond acceptors (Lipinski definition) is 0. The predicted octanol–water partition coefficient (Wildman–Crippen LogP) is 5.79. The van der Waals surface area contributed by atoms with Gasteiger partial charge in [-0.1, -0.05) is 55.5 Å². The predicted molar refractivity (Wildman–Crippen MR) is 82.0 cm³/mol. The maximum atomic E-state index is 4.02. The maximum Gasteiger partial charge on any atom is 0.0179 e. The molecule has 0 N–H and O–H groups in total. The fourth-order valence-electron chi connectivity index (χ4n) is 5.56. The van der Waals surface area contributed by atoms with E-state index in [0.717, 1.165) is 28.5 Å². The van der Waals surface area contributed by atoms with E-state index in [-0.39, 0.29) is 0 Å². The summed E-state index contributed by atoms with van der Waals surface area (Å²) in [4.78, 5) is 0.827. The van der Waals surface area contributed by atoms with Gasteiger partial charge in [0.05, 0.1) is 0 Å². The molecule has 0 spiro atoms. The third-order valence-corrected chi connectivity index (χ3v) is 7.75. The van der Waals surface area contributed by atoms with Gasteiger partial charge in [-0.2, -0.15) is 0 Å². The van der Waals surface area contributed by atoms with Crippen LogP contribution < -0.4 is 0 Å². The molecule has 3 fully saturated rings. The summed E-state index contributed by atoms with van der Waals surface area (Å²) in [5.41, 5.74) is 0.597. The summed E-state index contributed by atoms with van der Waals surface area (Å²) in [5.74, 6) is 4.06. The van der Waals surface area contributed by atoms with Gasteiger partial charge in [-0.3, -0.25) is 0 Å². The van der Waals surface area contributed by atoms with Crippen LogP contribution in [0.2, 0.25) is 0 Å². The minimum Gasteiger partial charge on any atom is -0.0887 e. The highest BCUT2D eigenvalue weighted by Gasteiger charge is 2.50. The second kappa shape index (κ2) is 5.11. The lowest BCUT2D eigenvalue weighted by molar-refractivity contribution is 0.0626. The fraction of sp³-hybridized carbons (Fsp3) is 1.00. The zero-order chi connectivity index (χ0) is 12.8. The van der Waals surface area contributed by atoms with Crippen molar-refractivity contribution >= 4 is 15.9 Å². The number of halogens is 1. The van der Waals surface area contributed by atoms with E-state index in [1.807, 2.05) is 0 Å². The van der Waals surface area contributed by atoms with Crippen LogP contribution >= 0.6 is 15.9 Å². The minimum atomic E-state index is 0.597. The van der Waals surface area contributed by atoms with Crippen LogP contribution in [0.15, 0.2) is 0 Å². The highest BCUT2D eigenvalue weighted by atomic mass is 79.9. The van der Waals surface area contributed by atoms with Crippen molar-refractivity contribution in [2.75, 3.05) is 0 Å². The molecule has 0 nitrogen and oxygen atoms in total. The van der Waals surface area contributed by atoms with Crippen molar-refractivity contribution in [2.24, 2.45) is 29.1 Å². The standard InChI is InChI=1S/C17H29Br/c1-17(2,12-7-3-4-8-12)15-11-16(18)14-10-6-5-9-13(14)15/h12-16H,3-11H2,1-2H3.